The predicted octanol–water partition coefficient (Wildman–Crippen LogP) is 2.50. The van der Waals surface area contributed by atoms with Gasteiger partial charge in [0.2, 0.25) is 0 Å². The van der Waals surface area contributed by atoms with Gasteiger partial charge in [0.05, 0.1) is 6.61 Å². The van der Waals surface area contributed by atoms with Gasteiger partial charge in [-0.1, -0.05) is 13.8 Å². The van der Waals surface area contributed by atoms with Gasteiger partial charge in [-0.25, -0.2) is 0 Å². The minimum Gasteiger partial charge on any atom is -0.395 e. The molecule has 0 amide bonds. The van der Waals surface area contributed by atoms with Crippen LogP contribution >= 0.6 is 15.9 Å². The Morgan fingerprint density at radius 1 is 1.50 bits per heavy atom. The number of pyridine rings is 1. The zero-order valence-corrected chi connectivity index (χ0v) is 10.0. The van der Waals surface area contributed by atoms with Crippen LogP contribution < -0.4 is 0 Å². The molecule has 1 atom stereocenters. The van der Waals surface area contributed by atoms with Crippen LogP contribution in [0.2, 0.25) is 0 Å². The zero-order chi connectivity index (χ0) is 10.4. The van der Waals surface area contributed by atoms with Crippen LogP contribution in [0.4, 0.5) is 0 Å². The van der Waals surface area contributed by atoms with Gasteiger partial charge in [0, 0.05) is 21.8 Å². The highest BCUT2D eigenvalue weighted by atomic mass is 79.9. The van der Waals surface area contributed by atoms with Gasteiger partial charge in [0.1, 0.15) is 0 Å². The number of aliphatic hydroxyl groups excluding tert-OH is 1. The van der Waals surface area contributed by atoms with E-state index in [1.54, 1.807) is 6.20 Å². The molecule has 0 radical (unpaired) electrons. The van der Waals surface area contributed by atoms with E-state index in [1.165, 1.54) is 0 Å². The van der Waals surface area contributed by atoms with Crippen molar-refractivity contribution < 1.29 is 5.11 Å². The van der Waals surface area contributed by atoms with Gasteiger partial charge in [0.25, 0.3) is 0 Å². The Balaban J connectivity index is 2.36. The first-order chi connectivity index (χ1) is 6.52. The highest BCUT2D eigenvalue weighted by molar-refractivity contribution is 9.10. The molecule has 2 rings (SSSR count). The van der Waals surface area contributed by atoms with Crippen molar-refractivity contribution in [3.8, 4) is 0 Å². The number of halogens is 1. The fourth-order valence-electron chi connectivity index (χ4n) is 2.16. The van der Waals surface area contributed by atoms with Crippen molar-refractivity contribution in [1.82, 2.24) is 4.98 Å². The van der Waals surface area contributed by atoms with E-state index in [0.29, 0.717) is 0 Å². The second-order valence-electron chi connectivity index (χ2n) is 4.66. The molecule has 0 aromatic carbocycles. The maximum atomic E-state index is 9.46. The molecule has 0 saturated heterocycles. The Kier molecular flexibility index (Phi) is 2.20. The molecule has 3 heteroatoms. The highest BCUT2D eigenvalue weighted by Gasteiger charge is 2.62. The van der Waals surface area contributed by atoms with E-state index >= 15 is 0 Å². The normalized spacial score (nSPS) is 28.9. The summed E-state index contributed by atoms with van der Waals surface area (Å²) in [7, 11) is 0. The van der Waals surface area contributed by atoms with Crippen LogP contribution in [0.15, 0.2) is 22.8 Å². The molecular formula is C11H14BrNO. The molecule has 1 aliphatic carbocycles. The monoisotopic (exact) mass is 255 g/mol. The average molecular weight is 256 g/mol. The van der Waals surface area contributed by atoms with Gasteiger partial charge in [-0.3, -0.25) is 4.98 Å². The molecule has 1 unspecified atom stereocenters. The first-order valence-corrected chi connectivity index (χ1v) is 5.54. The third kappa shape index (κ3) is 1.30. The number of aromatic nitrogens is 1. The molecule has 1 aromatic heterocycles. The van der Waals surface area contributed by atoms with Crippen LogP contribution in [0.3, 0.4) is 0 Å². The summed E-state index contributed by atoms with van der Waals surface area (Å²) < 4.78 is 0.979. The van der Waals surface area contributed by atoms with Gasteiger partial charge in [0.15, 0.2) is 0 Å². The SMILES string of the molecule is CC1(C)CC1(CO)c1ccc(Br)cn1. The van der Waals surface area contributed by atoms with E-state index in [1.807, 2.05) is 12.1 Å². The minimum atomic E-state index is -0.103. The van der Waals surface area contributed by atoms with Crippen molar-refractivity contribution in [3.63, 3.8) is 0 Å². The summed E-state index contributed by atoms with van der Waals surface area (Å²) in [6.07, 6.45) is 2.81. The number of rotatable bonds is 2. The molecule has 1 saturated carbocycles. The van der Waals surface area contributed by atoms with Crippen LogP contribution in [0.1, 0.15) is 26.0 Å². The van der Waals surface area contributed by atoms with E-state index in [2.05, 4.69) is 34.8 Å². The van der Waals surface area contributed by atoms with Crippen LogP contribution in [-0.4, -0.2) is 16.7 Å². The van der Waals surface area contributed by atoms with Crippen molar-refractivity contribution in [2.24, 2.45) is 5.41 Å². The van der Waals surface area contributed by atoms with Crippen molar-refractivity contribution in [3.05, 3.63) is 28.5 Å². The quantitative estimate of drug-likeness (QED) is 0.881. The lowest BCUT2D eigenvalue weighted by molar-refractivity contribution is 0.228. The lowest BCUT2D eigenvalue weighted by atomic mass is 9.93. The number of hydrogen-bond acceptors (Lipinski definition) is 2. The van der Waals surface area contributed by atoms with Gasteiger partial charge in [-0.2, -0.15) is 0 Å². The van der Waals surface area contributed by atoms with E-state index < -0.39 is 0 Å². The van der Waals surface area contributed by atoms with Crippen LogP contribution in [-0.2, 0) is 5.41 Å². The largest absolute Gasteiger partial charge is 0.395 e. The third-order valence-corrected chi connectivity index (χ3v) is 3.87. The fourth-order valence-corrected chi connectivity index (χ4v) is 2.39. The lowest BCUT2D eigenvalue weighted by Gasteiger charge is -2.16. The predicted molar refractivity (Wildman–Crippen MR) is 59.1 cm³/mol. The molecular weight excluding hydrogens is 242 g/mol. The molecule has 2 nitrogen and oxygen atoms in total. The number of aliphatic hydroxyl groups is 1. The van der Waals surface area contributed by atoms with Crippen molar-refractivity contribution in [2.45, 2.75) is 25.7 Å². The smallest absolute Gasteiger partial charge is 0.0548 e. The molecule has 0 aliphatic heterocycles. The summed E-state index contributed by atoms with van der Waals surface area (Å²) in [6.45, 7) is 4.54. The topological polar surface area (TPSA) is 33.1 Å². The first kappa shape index (κ1) is 10.1. The average Bonchev–Trinajstić information content (AvgIpc) is 2.71. The second kappa shape index (κ2) is 3.04. The molecule has 1 N–H and O–H groups in total. The van der Waals surface area contributed by atoms with Gasteiger partial charge in [-0.15, -0.1) is 0 Å². The molecule has 14 heavy (non-hydrogen) atoms. The summed E-state index contributed by atoms with van der Waals surface area (Å²) in [5.41, 5.74) is 1.09. The first-order valence-electron chi connectivity index (χ1n) is 4.75. The summed E-state index contributed by atoms with van der Waals surface area (Å²) in [4.78, 5) is 4.37. The Morgan fingerprint density at radius 3 is 2.50 bits per heavy atom. The third-order valence-electron chi connectivity index (χ3n) is 3.40. The van der Waals surface area contributed by atoms with Crippen LogP contribution in [0, 0.1) is 5.41 Å². The molecule has 1 aromatic rings. The Bertz CT molecular complexity index is 347. The number of hydrogen-bond donors (Lipinski definition) is 1. The van der Waals surface area contributed by atoms with Crippen molar-refractivity contribution in [2.75, 3.05) is 6.61 Å². The Labute approximate surface area is 92.5 Å². The highest BCUT2D eigenvalue weighted by Crippen LogP contribution is 2.63. The minimum absolute atomic E-state index is 0.103. The second-order valence-corrected chi connectivity index (χ2v) is 5.58. The molecule has 76 valence electrons. The maximum Gasteiger partial charge on any atom is 0.0548 e. The maximum absolute atomic E-state index is 9.46. The van der Waals surface area contributed by atoms with E-state index in [0.717, 1.165) is 16.6 Å². The van der Waals surface area contributed by atoms with Crippen LogP contribution in [0.5, 0.6) is 0 Å². The van der Waals surface area contributed by atoms with Crippen LogP contribution in [0.25, 0.3) is 0 Å². The number of nitrogens with zero attached hydrogens (tertiary/aromatic N) is 1. The molecule has 1 aliphatic rings. The Morgan fingerprint density at radius 2 is 2.14 bits per heavy atom. The summed E-state index contributed by atoms with van der Waals surface area (Å²) >= 11 is 3.36. The van der Waals surface area contributed by atoms with Gasteiger partial charge in [-0.05, 0) is 39.9 Å². The van der Waals surface area contributed by atoms with E-state index in [-0.39, 0.29) is 17.4 Å². The Hall–Kier alpha value is -0.410. The summed E-state index contributed by atoms with van der Waals surface area (Å²) in [6, 6.07) is 3.98. The standard InChI is InChI=1S/C11H14BrNO/c1-10(2)6-11(10,7-14)9-4-3-8(12)5-13-9/h3-5,14H,6-7H2,1-2H3. The van der Waals surface area contributed by atoms with E-state index in [4.69, 9.17) is 0 Å². The summed E-state index contributed by atoms with van der Waals surface area (Å²) in [5, 5.41) is 9.46. The lowest BCUT2D eigenvalue weighted by Crippen LogP contribution is -2.20. The van der Waals surface area contributed by atoms with Gasteiger partial charge < -0.3 is 5.11 Å². The molecule has 1 fully saturated rings. The molecule has 1 heterocycles. The van der Waals surface area contributed by atoms with Crippen molar-refractivity contribution >= 4 is 15.9 Å². The molecule has 0 bridgehead atoms. The zero-order valence-electron chi connectivity index (χ0n) is 8.42. The fraction of sp³-hybridized carbons (Fsp3) is 0.545. The van der Waals surface area contributed by atoms with E-state index in [9.17, 15) is 5.11 Å². The van der Waals surface area contributed by atoms with Crippen molar-refractivity contribution in [1.29, 1.82) is 0 Å². The summed E-state index contributed by atoms with van der Waals surface area (Å²) in [5.74, 6) is 0. The van der Waals surface area contributed by atoms with Gasteiger partial charge >= 0.3 is 0 Å². The molecule has 0 spiro atoms.